The maximum Gasteiger partial charge on any atom is 0.433 e. The maximum absolute atomic E-state index is 13.1. The number of fused-ring (bicyclic) bond motifs is 1. The van der Waals surface area contributed by atoms with Gasteiger partial charge in [0.1, 0.15) is 26.8 Å². The zero-order valence-electron chi connectivity index (χ0n) is 16.0. The second-order valence-corrected chi connectivity index (χ2v) is 7.11. The first-order valence-electron chi connectivity index (χ1n) is 8.51. The van der Waals surface area contributed by atoms with Gasteiger partial charge >= 0.3 is 20.2 Å². The largest absolute Gasteiger partial charge is 0.560 e. The number of rotatable bonds is 6. The van der Waals surface area contributed by atoms with Crippen molar-refractivity contribution in [3.63, 3.8) is 0 Å². The van der Waals surface area contributed by atoms with Crippen LogP contribution in [0.3, 0.4) is 0 Å². The molecule has 7 nitrogen and oxygen atoms in total. The first-order chi connectivity index (χ1) is 14.2. The van der Waals surface area contributed by atoms with Crippen molar-refractivity contribution in [1.82, 2.24) is 9.97 Å². The van der Waals surface area contributed by atoms with Crippen LogP contribution >= 0.6 is 11.3 Å². The third kappa shape index (κ3) is 4.08. The second kappa shape index (κ2) is 8.30. The van der Waals surface area contributed by atoms with Gasteiger partial charge < -0.3 is 14.5 Å². The van der Waals surface area contributed by atoms with E-state index in [1.165, 1.54) is 33.7 Å². The fourth-order valence-corrected chi connectivity index (χ4v) is 3.84. The zero-order chi connectivity index (χ0) is 22.1. The number of methoxy groups -OCH3 is 1. The number of alkyl halides is 3. The molecule has 0 aliphatic rings. The van der Waals surface area contributed by atoms with Crippen LogP contribution in [-0.4, -0.2) is 42.6 Å². The van der Waals surface area contributed by atoms with Crippen molar-refractivity contribution in [1.29, 1.82) is 0 Å². The van der Waals surface area contributed by atoms with E-state index in [-0.39, 0.29) is 21.8 Å². The van der Waals surface area contributed by atoms with E-state index in [0.29, 0.717) is 16.0 Å². The molecule has 3 rings (SSSR count). The number of carboxylic acids is 1. The summed E-state index contributed by atoms with van der Waals surface area (Å²) < 4.78 is 49.3. The molecule has 0 saturated carbocycles. The first-order valence-corrected chi connectivity index (χ1v) is 9.32. The molecule has 0 radical (unpaired) electrons. The molecule has 0 spiro atoms. The van der Waals surface area contributed by atoms with Crippen molar-refractivity contribution in [2.24, 2.45) is 4.99 Å². The smallest absolute Gasteiger partial charge is 0.433 e. The highest BCUT2D eigenvalue weighted by molar-refractivity contribution is 7.17. The van der Waals surface area contributed by atoms with Crippen LogP contribution in [0.15, 0.2) is 29.3 Å². The predicted molar refractivity (Wildman–Crippen MR) is 108 cm³/mol. The number of hydrogen-bond donors (Lipinski definition) is 1. The van der Waals surface area contributed by atoms with Crippen molar-refractivity contribution in [2.45, 2.75) is 19.1 Å². The van der Waals surface area contributed by atoms with Crippen molar-refractivity contribution < 1.29 is 32.5 Å². The fraction of sp³-hybridized carbons (Fsp3) is 0.222. The van der Waals surface area contributed by atoms with E-state index in [4.69, 9.17) is 9.39 Å². The van der Waals surface area contributed by atoms with E-state index in [1.54, 1.807) is 13.0 Å². The molecule has 3 aromatic rings. The Bertz CT molecular complexity index is 1130. The number of benzene rings is 1. The number of nitrogens with zero attached hydrogens (tertiary/aromatic N) is 3. The van der Waals surface area contributed by atoms with Gasteiger partial charge in [0.15, 0.2) is 6.40 Å². The Morgan fingerprint density at radius 2 is 2.03 bits per heavy atom. The Kier molecular flexibility index (Phi) is 5.97. The lowest BCUT2D eigenvalue weighted by Gasteiger charge is -2.11. The molecule has 0 bridgehead atoms. The number of aliphatic imine (C=N–C) groups is 1. The second-order valence-electron chi connectivity index (χ2n) is 6.11. The SMILES string of the molecule is BOC=NC(C)c1nc(-c2ccc(OC)c3nc(C(F)(F)F)ccc23)sc1C(=O)O. The van der Waals surface area contributed by atoms with Crippen LogP contribution in [0.2, 0.25) is 0 Å². The van der Waals surface area contributed by atoms with Gasteiger partial charge in [0.05, 0.1) is 18.8 Å². The average Bonchev–Trinajstić information content (AvgIpc) is 3.15. The number of pyridine rings is 1. The van der Waals surface area contributed by atoms with Crippen LogP contribution < -0.4 is 4.74 Å². The summed E-state index contributed by atoms with van der Waals surface area (Å²) in [6.07, 6.45) is -3.44. The Morgan fingerprint density at radius 3 is 2.63 bits per heavy atom. The van der Waals surface area contributed by atoms with E-state index in [1.807, 2.05) is 0 Å². The molecule has 30 heavy (non-hydrogen) atoms. The normalized spacial score (nSPS) is 13.0. The van der Waals surface area contributed by atoms with E-state index in [0.717, 1.165) is 17.4 Å². The van der Waals surface area contributed by atoms with Gasteiger partial charge in [-0.15, -0.1) is 11.3 Å². The summed E-state index contributed by atoms with van der Waals surface area (Å²) in [6.45, 7) is 1.66. The fourth-order valence-electron chi connectivity index (χ4n) is 2.81. The molecule has 1 atom stereocenters. The molecule has 0 saturated heterocycles. The highest BCUT2D eigenvalue weighted by atomic mass is 32.1. The number of aromatic nitrogens is 2. The summed E-state index contributed by atoms with van der Waals surface area (Å²) in [5, 5.41) is 10.2. The molecule has 1 N–H and O–H groups in total. The van der Waals surface area contributed by atoms with Crippen molar-refractivity contribution in [2.75, 3.05) is 7.11 Å². The molecule has 2 heterocycles. The minimum absolute atomic E-state index is 0.00361. The molecule has 1 aromatic carbocycles. The third-order valence-electron chi connectivity index (χ3n) is 4.19. The Balaban J connectivity index is 2.22. The lowest BCUT2D eigenvalue weighted by Crippen LogP contribution is -2.08. The van der Waals surface area contributed by atoms with Crippen molar-refractivity contribution >= 4 is 42.7 Å². The first kappa shape index (κ1) is 21.6. The van der Waals surface area contributed by atoms with E-state index in [9.17, 15) is 23.1 Å². The topological polar surface area (TPSA) is 93.9 Å². The molecule has 2 aromatic heterocycles. The standard InChI is InChI=1S/C18H15BF3N3O4S/c1-8(23-7-29-19)13-15(17(26)27)30-16(25-13)10-3-5-11(28-2)14-9(10)4-6-12(24-14)18(20,21)22/h3-8H,19H2,1-2H3,(H,26,27). The highest BCUT2D eigenvalue weighted by Crippen LogP contribution is 2.39. The highest BCUT2D eigenvalue weighted by Gasteiger charge is 2.33. The summed E-state index contributed by atoms with van der Waals surface area (Å²) in [4.78, 5) is 23.9. The summed E-state index contributed by atoms with van der Waals surface area (Å²) in [6, 6.07) is 4.62. The summed E-state index contributed by atoms with van der Waals surface area (Å²) in [7, 11) is 2.74. The summed E-state index contributed by atoms with van der Waals surface area (Å²) >= 11 is 0.904. The lowest BCUT2D eigenvalue weighted by molar-refractivity contribution is -0.140. The molecule has 1 unspecified atom stereocenters. The molecule has 0 aliphatic carbocycles. The predicted octanol–water partition coefficient (Wildman–Crippen LogP) is 3.74. The number of ether oxygens (including phenoxy) is 1. The van der Waals surface area contributed by atoms with Crippen LogP contribution in [0.25, 0.3) is 21.5 Å². The van der Waals surface area contributed by atoms with Gasteiger partial charge in [-0.1, -0.05) is 0 Å². The number of aromatic carboxylic acids is 1. The van der Waals surface area contributed by atoms with E-state index < -0.39 is 23.9 Å². The van der Waals surface area contributed by atoms with E-state index in [2.05, 4.69) is 15.0 Å². The van der Waals surface area contributed by atoms with Gasteiger partial charge in [0, 0.05) is 10.9 Å². The Morgan fingerprint density at radius 1 is 1.30 bits per heavy atom. The number of hydrogen-bond acceptors (Lipinski definition) is 7. The molecule has 12 heteroatoms. The van der Waals surface area contributed by atoms with Gasteiger partial charge in [-0.3, -0.25) is 4.99 Å². The molecular formula is C18H15BF3N3O4S. The van der Waals surface area contributed by atoms with Crippen molar-refractivity contribution in [3.8, 4) is 16.3 Å². The number of thiazole rings is 1. The quantitative estimate of drug-likeness (QED) is 0.359. The maximum atomic E-state index is 13.1. The molecule has 0 amide bonds. The summed E-state index contributed by atoms with van der Waals surface area (Å²) in [5.74, 6) is -1.02. The lowest BCUT2D eigenvalue weighted by atomic mass is 10.1. The van der Waals surface area contributed by atoms with Crippen LogP contribution in [0.5, 0.6) is 5.75 Å². The Hall–Kier alpha value is -3.15. The monoisotopic (exact) mass is 437 g/mol. The summed E-state index contributed by atoms with van der Waals surface area (Å²) in [5.41, 5.74) is -0.392. The minimum Gasteiger partial charge on any atom is -0.560 e. The van der Waals surface area contributed by atoms with Crippen LogP contribution in [0.1, 0.15) is 34.0 Å². The third-order valence-corrected chi connectivity index (χ3v) is 5.29. The molecule has 0 fully saturated rings. The van der Waals surface area contributed by atoms with E-state index >= 15 is 0 Å². The minimum atomic E-state index is -4.62. The van der Waals surface area contributed by atoms with Gasteiger partial charge in [0.2, 0.25) is 0 Å². The van der Waals surface area contributed by atoms with Crippen LogP contribution in [0.4, 0.5) is 13.2 Å². The van der Waals surface area contributed by atoms with Gasteiger partial charge in [-0.2, -0.15) is 13.2 Å². The molecular weight excluding hydrogens is 422 g/mol. The number of carboxylic acid groups (broad SMARTS) is 1. The van der Waals surface area contributed by atoms with Gasteiger partial charge in [-0.05, 0) is 31.2 Å². The average molecular weight is 437 g/mol. The molecule has 0 aliphatic heterocycles. The van der Waals surface area contributed by atoms with Crippen LogP contribution in [-0.2, 0) is 10.8 Å². The van der Waals surface area contributed by atoms with Crippen molar-refractivity contribution in [3.05, 3.63) is 40.5 Å². The van der Waals surface area contributed by atoms with Gasteiger partial charge in [-0.25, -0.2) is 14.8 Å². The Labute approximate surface area is 173 Å². The van der Waals surface area contributed by atoms with Gasteiger partial charge in [0.25, 0.3) is 0 Å². The van der Waals surface area contributed by atoms with Crippen LogP contribution in [0, 0.1) is 0 Å². The number of halogens is 3. The number of carbonyl (C=O) groups is 1. The molecule has 156 valence electrons. The zero-order valence-corrected chi connectivity index (χ0v) is 16.8.